The number of hydrogen-bond donors (Lipinski definition) is 1. The standard InChI is InChI=1S/C19H19N3O/c1-15(16-8-3-2-4-9-16)14-19(23)21-17-10-5-6-11-18(17)22-13-7-12-20-22/h2-13,15H,14H2,1H3,(H,21,23). The van der Waals surface area contributed by atoms with Gasteiger partial charge in [0.25, 0.3) is 0 Å². The normalized spacial score (nSPS) is 11.9. The van der Waals surface area contributed by atoms with Crippen LogP contribution in [0.4, 0.5) is 5.69 Å². The Bertz CT molecular complexity index is 766. The fourth-order valence-corrected chi connectivity index (χ4v) is 2.57. The van der Waals surface area contributed by atoms with E-state index in [9.17, 15) is 4.79 Å². The number of anilines is 1. The lowest BCUT2D eigenvalue weighted by molar-refractivity contribution is -0.116. The molecule has 1 unspecified atom stereocenters. The number of nitrogens with zero attached hydrogens (tertiary/aromatic N) is 2. The fraction of sp³-hybridized carbons (Fsp3) is 0.158. The van der Waals surface area contributed by atoms with Gasteiger partial charge >= 0.3 is 0 Å². The Balaban J connectivity index is 1.72. The van der Waals surface area contributed by atoms with Crippen molar-refractivity contribution in [3.63, 3.8) is 0 Å². The molecule has 1 N–H and O–H groups in total. The summed E-state index contributed by atoms with van der Waals surface area (Å²) in [6.07, 6.45) is 4.02. The number of nitrogens with one attached hydrogen (secondary N) is 1. The zero-order chi connectivity index (χ0) is 16.1. The van der Waals surface area contributed by atoms with E-state index < -0.39 is 0 Å². The zero-order valence-electron chi connectivity index (χ0n) is 13.0. The molecule has 2 aromatic carbocycles. The third-order valence-corrected chi connectivity index (χ3v) is 3.79. The average Bonchev–Trinajstić information content (AvgIpc) is 3.10. The SMILES string of the molecule is CC(CC(=O)Nc1ccccc1-n1cccn1)c1ccccc1. The molecular weight excluding hydrogens is 286 g/mol. The summed E-state index contributed by atoms with van der Waals surface area (Å²) < 4.78 is 1.75. The highest BCUT2D eigenvalue weighted by atomic mass is 16.1. The summed E-state index contributed by atoms with van der Waals surface area (Å²) in [7, 11) is 0. The summed E-state index contributed by atoms with van der Waals surface area (Å²) in [6.45, 7) is 2.06. The third kappa shape index (κ3) is 3.66. The molecule has 0 radical (unpaired) electrons. The number of amides is 1. The van der Waals surface area contributed by atoms with E-state index in [1.54, 1.807) is 10.9 Å². The number of carbonyl (C=O) groups is 1. The lowest BCUT2D eigenvalue weighted by Crippen LogP contribution is -2.16. The topological polar surface area (TPSA) is 46.9 Å². The Morgan fingerprint density at radius 1 is 1.09 bits per heavy atom. The van der Waals surface area contributed by atoms with E-state index in [4.69, 9.17) is 0 Å². The van der Waals surface area contributed by atoms with Crippen LogP contribution in [-0.4, -0.2) is 15.7 Å². The first-order valence-electron chi connectivity index (χ1n) is 7.68. The monoisotopic (exact) mass is 305 g/mol. The second kappa shape index (κ2) is 6.92. The predicted molar refractivity (Wildman–Crippen MR) is 91.7 cm³/mol. The van der Waals surface area contributed by atoms with Gasteiger partial charge in [-0.05, 0) is 29.7 Å². The molecule has 3 aromatic rings. The largest absolute Gasteiger partial charge is 0.324 e. The van der Waals surface area contributed by atoms with Gasteiger partial charge in [-0.15, -0.1) is 0 Å². The van der Waals surface area contributed by atoms with Crippen LogP contribution in [0.15, 0.2) is 73.1 Å². The average molecular weight is 305 g/mol. The van der Waals surface area contributed by atoms with Crippen molar-refractivity contribution in [1.29, 1.82) is 0 Å². The van der Waals surface area contributed by atoms with Crippen LogP contribution in [0.1, 0.15) is 24.8 Å². The molecule has 0 aliphatic rings. The summed E-state index contributed by atoms with van der Waals surface area (Å²) >= 11 is 0. The molecule has 4 nitrogen and oxygen atoms in total. The van der Waals surface area contributed by atoms with E-state index in [0.29, 0.717) is 6.42 Å². The van der Waals surface area contributed by atoms with Gasteiger partial charge in [0, 0.05) is 18.8 Å². The van der Waals surface area contributed by atoms with Crippen molar-refractivity contribution >= 4 is 11.6 Å². The van der Waals surface area contributed by atoms with Crippen LogP contribution in [0.3, 0.4) is 0 Å². The lowest BCUT2D eigenvalue weighted by atomic mass is 9.97. The van der Waals surface area contributed by atoms with Crippen molar-refractivity contribution in [1.82, 2.24) is 9.78 Å². The maximum atomic E-state index is 12.4. The molecule has 1 atom stereocenters. The van der Waals surface area contributed by atoms with Gasteiger partial charge in [0.1, 0.15) is 0 Å². The molecule has 3 rings (SSSR count). The highest BCUT2D eigenvalue weighted by Crippen LogP contribution is 2.22. The van der Waals surface area contributed by atoms with Crippen molar-refractivity contribution in [2.45, 2.75) is 19.3 Å². The van der Waals surface area contributed by atoms with E-state index in [1.807, 2.05) is 54.7 Å². The van der Waals surface area contributed by atoms with Crippen molar-refractivity contribution in [3.8, 4) is 5.69 Å². The van der Waals surface area contributed by atoms with Gasteiger partial charge in [-0.3, -0.25) is 4.79 Å². The number of rotatable bonds is 5. The van der Waals surface area contributed by atoms with Crippen LogP contribution in [-0.2, 0) is 4.79 Å². The van der Waals surface area contributed by atoms with Crippen LogP contribution in [0.2, 0.25) is 0 Å². The van der Waals surface area contributed by atoms with Gasteiger partial charge in [0.2, 0.25) is 5.91 Å². The summed E-state index contributed by atoms with van der Waals surface area (Å²) in [5.74, 6) is 0.175. The smallest absolute Gasteiger partial charge is 0.225 e. The van der Waals surface area contributed by atoms with Gasteiger partial charge < -0.3 is 5.32 Å². The van der Waals surface area contributed by atoms with Crippen LogP contribution < -0.4 is 5.32 Å². The molecule has 116 valence electrons. The molecule has 0 fully saturated rings. The summed E-state index contributed by atoms with van der Waals surface area (Å²) in [6, 6.07) is 19.6. The first-order chi connectivity index (χ1) is 11.2. The van der Waals surface area contributed by atoms with Crippen LogP contribution in [0, 0.1) is 0 Å². The number of benzene rings is 2. The van der Waals surface area contributed by atoms with Crippen LogP contribution in [0.5, 0.6) is 0 Å². The number of carbonyl (C=O) groups excluding carboxylic acids is 1. The van der Waals surface area contributed by atoms with E-state index in [-0.39, 0.29) is 11.8 Å². The second-order valence-electron chi connectivity index (χ2n) is 5.53. The minimum absolute atomic E-state index is 0.000888. The minimum Gasteiger partial charge on any atom is -0.324 e. The Labute approximate surface area is 135 Å². The van der Waals surface area contributed by atoms with Gasteiger partial charge in [-0.1, -0.05) is 49.4 Å². The Morgan fingerprint density at radius 3 is 2.57 bits per heavy atom. The molecule has 0 aliphatic carbocycles. The van der Waals surface area contributed by atoms with E-state index in [1.165, 1.54) is 5.56 Å². The molecule has 1 heterocycles. The predicted octanol–water partition coefficient (Wildman–Crippen LogP) is 4.00. The molecule has 0 bridgehead atoms. The Hall–Kier alpha value is -2.88. The van der Waals surface area contributed by atoms with E-state index in [0.717, 1.165) is 11.4 Å². The Morgan fingerprint density at radius 2 is 1.83 bits per heavy atom. The van der Waals surface area contributed by atoms with Crippen molar-refractivity contribution in [2.75, 3.05) is 5.32 Å². The number of hydrogen-bond acceptors (Lipinski definition) is 2. The molecule has 1 aromatic heterocycles. The molecule has 0 saturated carbocycles. The molecule has 4 heteroatoms. The lowest BCUT2D eigenvalue weighted by Gasteiger charge is -2.14. The summed E-state index contributed by atoms with van der Waals surface area (Å²) in [5, 5.41) is 7.23. The number of aromatic nitrogens is 2. The fourth-order valence-electron chi connectivity index (χ4n) is 2.57. The first-order valence-corrected chi connectivity index (χ1v) is 7.68. The summed E-state index contributed by atoms with van der Waals surface area (Å²) in [4.78, 5) is 12.4. The molecule has 0 spiro atoms. The van der Waals surface area contributed by atoms with Crippen LogP contribution in [0.25, 0.3) is 5.69 Å². The van der Waals surface area contributed by atoms with E-state index >= 15 is 0 Å². The maximum Gasteiger partial charge on any atom is 0.225 e. The minimum atomic E-state index is 0.000888. The number of para-hydroxylation sites is 2. The van der Waals surface area contributed by atoms with Gasteiger partial charge in [-0.25, -0.2) is 4.68 Å². The highest BCUT2D eigenvalue weighted by Gasteiger charge is 2.13. The maximum absolute atomic E-state index is 12.4. The zero-order valence-corrected chi connectivity index (χ0v) is 13.0. The molecule has 1 amide bonds. The molecule has 0 saturated heterocycles. The van der Waals surface area contributed by atoms with E-state index in [2.05, 4.69) is 29.5 Å². The van der Waals surface area contributed by atoms with Crippen molar-refractivity contribution in [2.24, 2.45) is 0 Å². The van der Waals surface area contributed by atoms with Crippen molar-refractivity contribution in [3.05, 3.63) is 78.6 Å². The molecular formula is C19H19N3O. The third-order valence-electron chi connectivity index (χ3n) is 3.79. The summed E-state index contributed by atoms with van der Waals surface area (Å²) in [5.41, 5.74) is 2.79. The molecule has 0 aliphatic heterocycles. The first kappa shape index (κ1) is 15.0. The second-order valence-corrected chi connectivity index (χ2v) is 5.53. The van der Waals surface area contributed by atoms with Crippen LogP contribution >= 0.6 is 0 Å². The highest BCUT2D eigenvalue weighted by molar-refractivity contribution is 5.93. The Kier molecular flexibility index (Phi) is 4.52. The van der Waals surface area contributed by atoms with Gasteiger partial charge in [0.05, 0.1) is 11.4 Å². The van der Waals surface area contributed by atoms with Crippen molar-refractivity contribution < 1.29 is 4.79 Å². The molecule has 23 heavy (non-hydrogen) atoms. The van der Waals surface area contributed by atoms with Gasteiger partial charge in [-0.2, -0.15) is 5.10 Å². The quantitative estimate of drug-likeness (QED) is 0.774. The van der Waals surface area contributed by atoms with Gasteiger partial charge in [0.15, 0.2) is 0 Å².